The maximum Gasteiger partial charge on any atom is 0.263 e. The van der Waals surface area contributed by atoms with Gasteiger partial charge in [-0.2, -0.15) is 4.98 Å². The van der Waals surface area contributed by atoms with E-state index in [1.165, 1.54) is 0 Å². The number of aromatic amines is 1. The summed E-state index contributed by atoms with van der Waals surface area (Å²) >= 11 is 0. The number of nitrogens with one attached hydrogen (secondary N) is 2. The average Bonchev–Trinajstić information content (AvgIpc) is 2.95. The van der Waals surface area contributed by atoms with Crippen molar-refractivity contribution >= 4 is 11.9 Å². The molecule has 0 atom stereocenters. The highest BCUT2D eigenvalue weighted by atomic mass is 16.5. The van der Waals surface area contributed by atoms with Crippen LogP contribution < -0.4 is 5.32 Å². The van der Waals surface area contributed by atoms with Crippen molar-refractivity contribution in [2.45, 2.75) is 40.0 Å². The van der Waals surface area contributed by atoms with Crippen LogP contribution in [0.4, 0.5) is 5.95 Å². The van der Waals surface area contributed by atoms with Gasteiger partial charge in [-0.05, 0) is 13.3 Å². The molecule has 2 rings (SSSR count). The van der Waals surface area contributed by atoms with Crippen LogP contribution in [0.3, 0.4) is 0 Å². The van der Waals surface area contributed by atoms with E-state index in [1.54, 1.807) is 6.92 Å². The summed E-state index contributed by atoms with van der Waals surface area (Å²) in [6, 6.07) is 0. The number of carbonyl (C=O) groups is 1. The van der Waals surface area contributed by atoms with Gasteiger partial charge in [0.15, 0.2) is 0 Å². The first-order valence-electron chi connectivity index (χ1n) is 6.21. The largest absolute Gasteiger partial charge is 0.361 e. The number of H-pyrrole nitrogens is 1. The Bertz CT molecular complexity index is 585. The number of hydrogen-bond acceptors (Lipinski definition) is 5. The fourth-order valence-electron chi connectivity index (χ4n) is 1.70. The van der Waals surface area contributed by atoms with Gasteiger partial charge in [0.2, 0.25) is 5.95 Å². The zero-order valence-electron chi connectivity index (χ0n) is 11.4. The lowest BCUT2D eigenvalue weighted by Crippen LogP contribution is -2.15. The molecule has 0 fully saturated rings. The molecule has 0 aromatic carbocycles. The van der Waals surface area contributed by atoms with Gasteiger partial charge in [0, 0.05) is 5.92 Å². The van der Waals surface area contributed by atoms with E-state index in [2.05, 4.69) is 25.7 Å². The van der Waals surface area contributed by atoms with E-state index in [9.17, 15) is 4.79 Å². The molecule has 0 spiro atoms. The molecule has 102 valence electrons. The summed E-state index contributed by atoms with van der Waals surface area (Å²) in [7, 11) is 0. The lowest BCUT2D eigenvalue weighted by Gasteiger charge is -2.00. The van der Waals surface area contributed by atoms with Gasteiger partial charge in [-0.3, -0.25) is 15.2 Å². The van der Waals surface area contributed by atoms with Crippen molar-refractivity contribution in [3.8, 4) is 0 Å². The molecule has 7 heteroatoms. The van der Waals surface area contributed by atoms with E-state index in [4.69, 9.17) is 4.52 Å². The van der Waals surface area contributed by atoms with E-state index in [-0.39, 0.29) is 17.8 Å². The molecule has 1 amide bonds. The minimum absolute atomic E-state index is 0.224. The first kappa shape index (κ1) is 13.3. The van der Waals surface area contributed by atoms with Gasteiger partial charge in [-0.15, -0.1) is 5.10 Å². The SMILES string of the molecule is CCc1noc(C)c1C(=O)Nc1n[nH]c(C(C)C)n1. The molecule has 19 heavy (non-hydrogen) atoms. The summed E-state index contributed by atoms with van der Waals surface area (Å²) in [5.74, 6) is 1.41. The van der Waals surface area contributed by atoms with Crippen LogP contribution >= 0.6 is 0 Å². The lowest BCUT2D eigenvalue weighted by molar-refractivity contribution is 0.102. The Morgan fingerprint density at radius 2 is 2.21 bits per heavy atom. The summed E-state index contributed by atoms with van der Waals surface area (Å²) in [5.41, 5.74) is 1.09. The molecule has 0 bridgehead atoms. The first-order valence-corrected chi connectivity index (χ1v) is 6.21. The minimum Gasteiger partial charge on any atom is -0.361 e. The predicted molar refractivity (Wildman–Crippen MR) is 69.0 cm³/mol. The summed E-state index contributed by atoms with van der Waals surface area (Å²) in [6.45, 7) is 7.60. The molecule has 2 aromatic rings. The molecule has 0 saturated carbocycles. The molecule has 0 saturated heterocycles. The zero-order valence-corrected chi connectivity index (χ0v) is 11.4. The summed E-state index contributed by atoms with van der Waals surface area (Å²) < 4.78 is 5.03. The van der Waals surface area contributed by atoms with Crippen LogP contribution in [0.25, 0.3) is 0 Å². The van der Waals surface area contributed by atoms with Crippen LogP contribution in [0.2, 0.25) is 0 Å². The number of amides is 1. The summed E-state index contributed by atoms with van der Waals surface area (Å²) in [6.07, 6.45) is 0.630. The van der Waals surface area contributed by atoms with Crippen molar-refractivity contribution in [2.24, 2.45) is 0 Å². The number of aromatic nitrogens is 4. The average molecular weight is 263 g/mol. The lowest BCUT2D eigenvalue weighted by atomic mass is 10.1. The van der Waals surface area contributed by atoms with Crippen LogP contribution in [0.5, 0.6) is 0 Å². The van der Waals surface area contributed by atoms with Gasteiger partial charge < -0.3 is 4.52 Å². The Morgan fingerprint density at radius 3 is 2.79 bits per heavy atom. The summed E-state index contributed by atoms with van der Waals surface area (Å²) in [5, 5.41) is 13.2. The highest BCUT2D eigenvalue weighted by molar-refractivity contribution is 6.04. The number of carbonyl (C=O) groups excluding carboxylic acids is 1. The van der Waals surface area contributed by atoms with Crippen molar-refractivity contribution in [2.75, 3.05) is 5.32 Å². The van der Waals surface area contributed by atoms with Gasteiger partial charge in [0.25, 0.3) is 5.91 Å². The molecule has 7 nitrogen and oxygen atoms in total. The smallest absolute Gasteiger partial charge is 0.263 e. The van der Waals surface area contributed by atoms with Crippen LogP contribution in [-0.2, 0) is 6.42 Å². The summed E-state index contributed by atoms with van der Waals surface area (Å²) in [4.78, 5) is 16.3. The maximum absolute atomic E-state index is 12.1. The molecule has 0 unspecified atom stereocenters. The van der Waals surface area contributed by atoms with Crippen LogP contribution in [0, 0.1) is 6.92 Å². The minimum atomic E-state index is -0.301. The van der Waals surface area contributed by atoms with Crippen LogP contribution in [0.15, 0.2) is 4.52 Å². The highest BCUT2D eigenvalue weighted by Crippen LogP contribution is 2.16. The van der Waals surface area contributed by atoms with Crippen LogP contribution in [-0.4, -0.2) is 26.2 Å². The Morgan fingerprint density at radius 1 is 1.47 bits per heavy atom. The molecule has 0 radical (unpaired) electrons. The van der Waals surface area contributed by atoms with Gasteiger partial charge in [0.1, 0.15) is 17.1 Å². The standard InChI is InChI=1S/C12H17N5O2/c1-5-8-9(7(4)19-17-8)11(18)14-12-13-10(6(2)3)15-16-12/h6H,5H2,1-4H3,(H2,13,14,15,16,18). The molecule has 2 N–H and O–H groups in total. The topological polar surface area (TPSA) is 96.7 Å². The molecule has 2 heterocycles. The monoisotopic (exact) mass is 263 g/mol. The normalized spacial score (nSPS) is 11.0. The second-order valence-electron chi connectivity index (χ2n) is 4.57. The number of rotatable bonds is 4. The van der Waals surface area contributed by atoms with Crippen molar-refractivity contribution < 1.29 is 9.32 Å². The van der Waals surface area contributed by atoms with Gasteiger partial charge in [-0.1, -0.05) is 25.9 Å². The number of nitrogens with zero attached hydrogens (tertiary/aromatic N) is 3. The first-order chi connectivity index (χ1) is 9.02. The Balaban J connectivity index is 2.18. The maximum atomic E-state index is 12.1. The third-order valence-electron chi connectivity index (χ3n) is 2.77. The third kappa shape index (κ3) is 2.64. The molecule has 2 aromatic heterocycles. The number of anilines is 1. The quantitative estimate of drug-likeness (QED) is 0.879. The van der Waals surface area contributed by atoms with Gasteiger partial charge in [-0.25, -0.2) is 0 Å². The fourth-order valence-corrected chi connectivity index (χ4v) is 1.70. The third-order valence-corrected chi connectivity index (χ3v) is 2.77. The van der Waals surface area contributed by atoms with E-state index < -0.39 is 0 Å². The molecular formula is C12H17N5O2. The van der Waals surface area contributed by atoms with Crippen molar-refractivity contribution in [1.82, 2.24) is 20.3 Å². The predicted octanol–water partition coefficient (Wildman–Crippen LogP) is 2.04. The van der Waals surface area contributed by atoms with Gasteiger partial charge in [0.05, 0.1) is 5.69 Å². The van der Waals surface area contributed by atoms with Crippen molar-refractivity contribution in [1.29, 1.82) is 0 Å². The van der Waals surface area contributed by atoms with Crippen molar-refractivity contribution in [3.05, 3.63) is 22.8 Å². The highest BCUT2D eigenvalue weighted by Gasteiger charge is 2.20. The second-order valence-corrected chi connectivity index (χ2v) is 4.57. The number of hydrogen-bond donors (Lipinski definition) is 2. The second kappa shape index (κ2) is 5.21. The Hall–Kier alpha value is -2.18. The molecule has 0 aliphatic rings. The van der Waals surface area contributed by atoms with E-state index in [0.717, 1.165) is 5.82 Å². The zero-order chi connectivity index (χ0) is 14.0. The Kier molecular flexibility index (Phi) is 3.64. The Labute approximate surface area is 110 Å². The molecular weight excluding hydrogens is 246 g/mol. The van der Waals surface area contributed by atoms with E-state index in [0.29, 0.717) is 23.4 Å². The number of aryl methyl sites for hydroxylation is 2. The van der Waals surface area contributed by atoms with Crippen molar-refractivity contribution in [3.63, 3.8) is 0 Å². The molecule has 0 aliphatic heterocycles. The van der Waals surface area contributed by atoms with Gasteiger partial charge >= 0.3 is 0 Å². The molecule has 0 aliphatic carbocycles. The van der Waals surface area contributed by atoms with Crippen LogP contribution in [0.1, 0.15) is 54.3 Å². The van der Waals surface area contributed by atoms with E-state index in [1.807, 2.05) is 20.8 Å². The fraction of sp³-hybridized carbons (Fsp3) is 0.500. The van der Waals surface area contributed by atoms with E-state index >= 15 is 0 Å².